The molecule has 3 rings (SSSR count). The van der Waals surface area contributed by atoms with Crippen LogP contribution in [0.15, 0.2) is 54.6 Å². The zero-order valence-corrected chi connectivity index (χ0v) is 16.3. The number of para-hydroxylation sites is 1. The second-order valence-electron chi connectivity index (χ2n) is 6.73. The van der Waals surface area contributed by atoms with Gasteiger partial charge in [-0.2, -0.15) is 4.79 Å². The van der Waals surface area contributed by atoms with Gasteiger partial charge in [0.2, 0.25) is 6.10 Å². The van der Waals surface area contributed by atoms with Crippen LogP contribution in [0.4, 0.5) is 0 Å². The van der Waals surface area contributed by atoms with Gasteiger partial charge in [0.05, 0.1) is 7.11 Å². The quantitative estimate of drug-likeness (QED) is 0.326. The van der Waals surface area contributed by atoms with Crippen LogP contribution in [-0.2, 0) is 14.3 Å². The summed E-state index contributed by atoms with van der Waals surface area (Å²) in [4.78, 5) is 30.8. The third kappa shape index (κ3) is 4.70. The molecule has 7 heteroatoms. The predicted octanol–water partition coefficient (Wildman–Crippen LogP) is 3.01. The lowest BCUT2D eigenvalue weighted by atomic mass is 10.1. The van der Waals surface area contributed by atoms with Crippen molar-refractivity contribution in [2.45, 2.75) is 25.4 Å². The average Bonchev–Trinajstić information content (AvgIpc) is 2.79. The summed E-state index contributed by atoms with van der Waals surface area (Å²) < 4.78 is 10.8. The molecule has 0 aromatic heterocycles. The minimum Gasteiger partial charge on any atom is -0.496 e. The number of carbonyl (C=O) groups excluding carboxylic acids is 2. The third-order valence-electron chi connectivity index (χ3n) is 4.87. The van der Waals surface area contributed by atoms with Gasteiger partial charge in [-0.25, -0.2) is 4.79 Å². The molecule has 150 valence electrons. The Balaban J connectivity index is 1.89. The van der Waals surface area contributed by atoms with Gasteiger partial charge < -0.3 is 19.9 Å². The van der Waals surface area contributed by atoms with Gasteiger partial charge in [0.15, 0.2) is 0 Å². The highest BCUT2D eigenvalue weighted by Gasteiger charge is 2.35. The van der Waals surface area contributed by atoms with E-state index in [0.29, 0.717) is 24.4 Å². The van der Waals surface area contributed by atoms with Crippen LogP contribution in [0, 0.1) is 0 Å². The summed E-state index contributed by atoms with van der Waals surface area (Å²) in [5, 5.41) is 0. The molecule has 2 aromatic carbocycles. The first-order valence-corrected chi connectivity index (χ1v) is 9.56. The number of piperidine rings is 1. The third-order valence-corrected chi connectivity index (χ3v) is 4.87. The zero-order chi connectivity index (χ0) is 20.6. The highest BCUT2D eigenvalue weighted by atomic mass is 16.5. The summed E-state index contributed by atoms with van der Waals surface area (Å²) in [6.07, 6.45) is 1.81. The molecule has 0 aliphatic carbocycles. The lowest BCUT2D eigenvalue weighted by Crippen LogP contribution is -2.40. The Hall–Kier alpha value is -3.44. The number of carbonyl (C=O) groups is 2. The molecule has 0 unspecified atom stereocenters. The summed E-state index contributed by atoms with van der Waals surface area (Å²) in [5.41, 5.74) is 9.99. The Morgan fingerprint density at radius 2 is 1.66 bits per heavy atom. The Labute approximate surface area is 169 Å². The molecule has 7 nitrogen and oxygen atoms in total. The first kappa shape index (κ1) is 20.3. The zero-order valence-electron chi connectivity index (χ0n) is 16.3. The van der Waals surface area contributed by atoms with Crippen molar-refractivity contribution < 1.29 is 23.9 Å². The van der Waals surface area contributed by atoms with Crippen LogP contribution in [0.1, 0.15) is 36.5 Å². The van der Waals surface area contributed by atoms with E-state index in [-0.39, 0.29) is 17.2 Å². The number of esters is 1. The smallest absolute Gasteiger partial charge is 0.423 e. The number of methoxy groups -OCH3 is 1. The standard InChI is InChI=1S/C22H23N3O4/c1-28-18-13-7-6-12-17(18)19(24-23)22(27)29-20(16-10-4-2-5-11-16)21(26)25-14-8-3-9-15-25/h2,4-7,10-13,20H,3,8-9,14-15H2,1H3/t20-/m1/s1. The topological polar surface area (TPSA) is 92.2 Å². The first-order chi connectivity index (χ1) is 14.2. The van der Waals surface area contributed by atoms with E-state index in [0.717, 1.165) is 19.3 Å². The van der Waals surface area contributed by atoms with Crippen molar-refractivity contribution in [1.82, 2.24) is 4.90 Å². The van der Waals surface area contributed by atoms with Gasteiger partial charge in [0.25, 0.3) is 5.91 Å². The second-order valence-corrected chi connectivity index (χ2v) is 6.73. The molecule has 1 atom stereocenters. The number of nitrogens with zero attached hydrogens (tertiary/aromatic N) is 3. The number of benzene rings is 2. The van der Waals surface area contributed by atoms with Crippen LogP contribution in [0.5, 0.6) is 5.75 Å². The van der Waals surface area contributed by atoms with Crippen LogP contribution in [0.25, 0.3) is 5.53 Å². The van der Waals surface area contributed by atoms with Gasteiger partial charge in [-0.05, 0) is 31.4 Å². The van der Waals surface area contributed by atoms with Crippen molar-refractivity contribution in [2.75, 3.05) is 20.2 Å². The van der Waals surface area contributed by atoms with Gasteiger partial charge in [-0.15, -0.1) is 0 Å². The first-order valence-electron chi connectivity index (χ1n) is 9.56. The fraction of sp³-hybridized carbons (Fsp3) is 0.318. The summed E-state index contributed by atoms with van der Waals surface area (Å²) in [6.45, 7) is 1.26. The molecular formula is C22H23N3O4. The molecule has 1 aliphatic heterocycles. The van der Waals surface area contributed by atoms with Crippen molar-refractivity contribution in [1.29, 1.82) is 0 Å². The normalized spacial score (nSPS) is 14.4. The van der Waals surface area contributed by atoms with Crippen LogP contribution in [-0.4, -0.2) is 47.5 Å². The van der Waals surface area contributed by atoms with Gasteiger partial charge in [0, 0.05) is 18.7 Å². The Bertz CT molecular complexity index is 917. The Morgan fingerprint density at radius 1 is 1.00 bits per heavy atom. The van der Waals surface area contributed by atoms with Crippen molar-refractivity contribution in [2.24, 2.45) is 0 Å². The van der Waals surface area contributed by atoms with Gasteiger partial charge in [0.1, 0.15) is 11.3 Å². The number of hydrogen-bond acceptors (Lipinski definition) is 4. The number of likely N-dealkylation sites (tertiary alicyclic amines) is 1. The monoisotopic (exact) mass is 393 g/mol. The predicted molar refractivity (Wildman–Crippen MR) is 106 cm³/mol. The number of amides is 1. The van der Waals surface area contributed by atoms with E-state index < -0.39 is 12.1 Å². The van der Waals surface area contributed by atoms with Crippen LogP contribution < -0.4 is 4.74 Å². The molecule has 29 heavy (non-hydrogen) atoms. The summed E-state index contributed by atoms with van der Waals surface area (Å²) in [5.74, 6) is -0.825. The molecule has 2 aromatic rings. The minimum atomic E-state index is -1.12. The van der Waals surface area contributed by atoms with E-state index in [2.05, 4.69) is 4.79 Å². The van der Waals surface area contributed by atoms with E-state index in [4.69, 9.17) is 9.47 Å². The fourth-order valence-electron chi connectivity index (χ4n) is 3.38. The summed E-state index contributed by atoms with van der Waals surface area (Å²) in [6, 6.07) is 15.5. The SMILES string of the molecule is COc1ccccc1C(=[N+]=[N-])C(=O)O[C@@H](C(=O)N1CCCCC1)c1ccccc1. The van der Waals surface area contributed by atoms with Gasteiger partial charge >= 0.3 is 11.7 Å². The van der Waals surface area contributed by atoms with E-state index in [9.17, 15) is 15.1 Å². The maximum atomic E-state index is 13.1. The van der Waals surface area contributed by atoms with Crippen LogP contribution in [0.2, 0.25) is 0 Å². The highest BCUT2D eigenvalue weighted by molar-refractivity contribution is 6.41. The second kappa shape index (κ2) is 9.66. The molecule has 1 amide bonds. The molecule has 1 heterocycles. The van der Waals surface area contributed by atoms with Crippen LogP contribution >= 0.6 is 0 Å². The molecule has 1 saturated heterocycles. The van der Waals surface area contributed by atoms with Crippen molar-refractivity contribution in [3.05, 3.63) is 71.3 Å². The molecule has 0 bridgehead atoms. The number of ether oxygens (including phenoxy) is 2. The molecule has 0 saturated carbocycles. The van der Waals surface area contributed by atoms with Crippen LogP contribution in [0.3, 0.4) is 0 Å². The number of rotatable bonds is 6. The van der Waals surface area contributed by atoms with Crippen molar-refractivity contribution >= 4 is 17.6 Å². The Kier molecular flexibility index (Phi) is 6.76. The molecule has 1 fully saturated rings. The lowest BCUT2D eigenvalue weighted by Gasteiger charge is -2.30. The maximum absolute atomic E-state index is 13.1. The van der Waals surface area contributed by atoms with E-state index in [1.807, 2.05) is 6.07 Å². The van der Waals surface area contributed by atoms with Crippen molar-refractivity contribution in [3.63, 3.8) is 0 Å². The van der Waals surface area contributed by atoms with E-state index in [1.54, 1.807) is 53.4 Å². The molecule has 0 radical (unpaired) electrons. The summed E-state index contributed by atoms with van der Waals surface area (Å²) >= 11 is 0. The minimum absolute atomic E-state index is 0.276. The van der Waals surface area contributed by atoms with Gasteiger partial charge in [-0.1, -0.05) is 42.5 Å². The van der Waals surface area contributed by atoms with Crippen molar-refractivity contribution in [3.8, 4) is 5.75 Å². The molecular weight excluding hydrogens is 370 g/mol. The fourth-order valence-corrected chi connectivity index (χ4v) is 3.38. The molecule has 1 aliphatic rings. The summed E-state index contributed by atoms with van der Waals surface area (Å²) in [7, 11) is 1.45. The van der Waals surface area contributed by atoms with E-state index in [1.165, 1.54) is 7.11 Å². The Morgan fingerprint density at radius 3 is 2.31 bits per heavy atom. The van der Waals surface area contributed by atoms with Gasteiger partial charge in [-0.3, -0.25) is 4.79 Å². The largest absolute Gasteiger partial charge is 0.496 e. The number of hydrogen-bond donors (Lipinski definition) is 0. The highest BCUT2D eigenvalue weighted by Crippen LogP contribution is 2.24. The molecule has 0 N–H and O–H groups in total. The van der Waals surface area contributed by atoms with E-state index >= 15 is 0 Å². The average molecular weight is 393 g/mol. The lowest BCUT2D eigenvalue weighted by molar-refractivity contribution is -0.158. The molecule has 0 spiro atoms. The maximum Gasteiger partial charge on any atom is 0.423 e.